The van der Waals surface area contributed by atoms with Gasteiger partial charge in [-0.25, -0.2) is 9.59 Å². The highest BCUT2D eigenvalue weighted by Gasteiger charge is 2.13. The Morgan fingerprint density at radius 3 is 2.85 bits per heavy atom. The molecule has 20 heavy (non-hydrogen) atoms. The molecule has 0 radical (unpaired) electrons. The zero-order chi connectivity index (χ0) is 14.5. The molecule has 6 nitrogen and oxygen atoms in total. The Bertz CT molecular complexity index is 634. The Balaban J connectivity index is 2.30. The van der Waals surface area contributed by atoms with Gasteiger partial charge in [0, 0.05) is 29.3 Å². The predicted molar refractivity (Wildman–Crippen MR) is 77.0 cm³/mol. The Labute approximate surface area is 116 Å². The molecule has 6 heteroatoms. The molecule has 1 aromatic heterocycles. The number of H-pyrrole nitrogens is 1. The standard InChI is InChI=1S/C14H17N3O3/c1-3-5-16-14(19)17-9-7-11(13(18)20-2)10-4-6-15-12(10)8-9/h4,6-8,15H,3,5H2,1-2H3,(H2,16,17,19). The minimum Gasteiger partial charge on any atom is -0.465 e. The SMILES string of the molecule is CCCNC(=O)Nc1cc(C(=O)OC)c2cc[nH]c2c1. The summed E-state index contributed by atoms with van der Waals surface area (Å²) in [6, 6.07) is 4.87. The van der Waals surface area contributed by atoms with Crippen LogP contribution in [0.1, 0.15) is 23.7 Å². The first-order chi connectivity index (χ1) is 9.65. The van der Waals surface area contributed by atoms with Gasteiger partial charge in [0.15, 0.2) is 0 Å². The van der Waals surface area contributed by atoms with E-state index < -0.39 is 5.97 Å². The van der Waals surface area contributed by atoms with Crippen LogP contribution in [-0.2, 0) is 4.74 Å². The molecule has 106 valence electrons. The fourth-order valence-electron chi connectivity index (χ4n) is 1.93. The molecule has 0 aliphatic heterocycles. The van der Waals surface area contributed by atoms with Gasteiger partial charge >= 0.3 is 12.0 Å². The number of rotatable bonds is 4. The number of aromatic amines is 1. The lowest BCUT2D eigenvalue weighted by molar-refractivity contribution is 0.0603. The van der Waals surface area contributed by atoms with Gasteiger partial charge < -0.3 is 20.4 Å². The minimum absolute atomic E-state index is 0.298. The molecule has 2 aromatic rings. The van der Waals surface area contributed by atoms with Crippen LogP contribution < -0.4 is 10.6 Å². The summed E-state index contributed by atoms with van der Waals surface area (Å²) in [5.41, 5.74) is 1.71. The van der Waals surface area contributed by atoms with Crippen molar-refractivity contribution in [2.75, 3.05) is 19.0 Å². The van der Waals surface area contributed by atoms with Crippen LogP contribution in [0.3, 0.4) is 0 Å². The number of amides is 2. The maximum Gasteiger partial charge on any atom is 0.338 e. The molecule has 0 fully saturated rings. The first-order valence-corrected chi connectivity index (χ1v) is 6.40. The summed E-state index contributed by atoms with van der Waals surface area (Å²) in [5, 5.41) is 6.17. The second kappa shape index (κ2) is 6.10. The summed E-state index contributed by atoms with van der Waals surface area (Å²) in [6.45, 7) is 2.57. The van der Waals surface area contributed by atoms with Crippen molar-refractivity contribution in [2.24, 2.45) is 0 Å². The summed E-state index contributed by atoms with van der Waals surface area (Å²) >= 11 is 0. The van der Waals surface area contributed by atoms with E-state index in [4.69, 9.17) is 4.74 Å². The Morgan fingerprint density at radius 1 is 1.35 bits per heavy atom. The average molecular weight is 275 g/mol. The normalized spacial score (nSPS) is 10.3. The van der Waals surface area contributed by atoms with Gasteiger partial charge in [-0.15, -0.1) is 0 Å². The fraction of sp³-hybridized carbons (Fsp3) is 0.286. The monoisotopic (exact) mass is 275 g/mol. The molecule has 2 rings (SSSR count). The molecule has 0 aliphatic carbocycles. The molecular formula is C14H17N3O3. The smallest absolute Gasteiger partial charge is 0.338 e. The van der Waals surface area contributed by atoms with E-state index in [1.807, 2.05) is 6.92 Å². The lowest BCUT2D eigenvalue weighted by Gasteiger charge is -2.09. The Hall–Kier alpha value is -2.50. The fourth-order valence-corrected chi connectivity index (χ4v) is 1.93. The quantitative estimate of drug-likeness (QED) is 0.749. The van der Waals surface area contributed by atoms with E-state index in [1.165, 1.54) is 7.11 Å². The van der Waals surface area contributed by atoms with Crippen molar-refractivity contribution in [3.63, 3.8) is 0 Å². The average Bonchev–Trinajstić information content (AvgIpc) is 2.91. The van der Waals surface area contributed by atoms with Gasteiger partial charge in [-0.05, 0) is 24.6 Å². The molecule has 3 N–H and O–H groups in total. The highest BCUT2D eigenvalue weighted by atomic mass is 16.5. The van der Waals surface area contributed by atoms with Gasteiger partial charge in [-0.3, -0.25) is 0 Å². The number of esters is 1. The van der Waals surface area contributed by atoms with Crippen molar-refractivity contribution in [1.29, 1.82) is 0 Å². The molecule has 0 spiro atoms. The highest BCUT2D eigenvalue weighted by Crippen LogP contribution is 2.23. The van der Waals surface area contributed by atoms with Crippen molar-refractivity contribution in [2.45, 2.75) is 13.3 Å². The van der Waals surface area contributed by atoms with Crippen LogP contribution >= 0.6 is 0 Å². The molecule has 2 amide bonds. The first-order valence-electron chi connectivity index (χ1n) is 6.40. The maximum atomic E-state index is 11.8. The number of hydrogen-bond donors (Lipinski definition) is 3. The van der Waals surface area contributed by atoms with Gasteiger partial charge in [-0.1, -0.05) is 6.92 Å². The van der Waals surface area contributed by atoms with Crippen LogP contribution in [0.25, 0.3) is 10.9 Å². The number of methoxy groups -OCH3 is 1. The molecule has 0 saturated heterocycles. The van der Waals surface area contributed by atoms with Gasteiger partial charge in [0.2, 0.25) is 0 Å². The van der Waals surface area contributed by atoms with Crippen LogP contribution in [-0.4, -0.2) is 30.6 Å². The van der Waals surface area contributed by atoms with Crippen molar-refractivity contribution >= 4 is 28.6 Å². The summed E-state index contributed by atoms with van der Waals surface area (Å²) in [7, 11) is 1.33. The van der Waals surface area contributed by atoms with Crippen LogP contribution in [0, 0.1) is 0 Å². The molecule has 0 unspecified atom stereocenters. The van der Waals surface area contributed by atoms with Crippen molar-refractivity contribution < 1.29 is 14.3 Å². The number of fused-ring (bicyclic) bond motifs is 1. The molecular weight excluding hydrogens is 258 g/mol. The second-order valence-corrected chi connectivity index (χ2v) is 4.34. The summed E-state index contributed by atoms with van der Waals surface area (Å²) < 4.78 is 4.76. The lowest BCUT2D eigenvalue weighted by atomic mass is 10.1. The highest BCUT2D eigenvalue weighted by molar-refractivity contribution is 6.06. The summed E-state index contributed by atoms with van der Waals surface area (Å²) in [5.74, 6) is -0.438. The summed E-state index contributed by atoms with van der Waals surface area (Å²) in [6.07, 6.45) is 2.59. The van der Waals surface area contributed by atoms with Crippen molar-refractivity contribution in [1.82, 2.24) is 10.3 Å². The van der Waals surface area contributed by atoms with Crippen LogP contribution in [0.4, 0.5) is 10.5 Å². The van der Waals surface area contributed by atoms with Crippen LogP contribution in [0.5, 0.6) is 0 Å². The zero-order valence-corrected chi connectivity index (χ0v) is 11.4. The van der Waals surface area contributed by atoms with Gasteiger partial charge in [0.05, 0.1) is 12.7 Å². The Kier molecular flexibility index (Phi) is 4.24. The molecule has 0 saturated carbocycles. The molecule has 1 heterocycles. The molecule has 0 aliphatic rings. The summed E-state index contributed by atoms with van der Waals surface area (Å²) in [4.78, 5) is 26.4. The van der Waals surface area contributed by atoms with E-state index >= 15 is 0 Å². The third-order valence-corrected chi connectivity index (χ3v) is 2.87. The largest absolute Gasteiger partial charge is 0.465 e. The van der Waals surface area contributed by atoms with E-state index in [-0.39, 0.29) is 6.03 Å². The van der Waals surface area contributed by atoms with E-state index in [1.54, 1.807) is 24.4 Å². The number of carbonyl (C=O) groups excluding carboxylic acids is 2. The zero-order valence-electron chi connectivity index (χ0n) is 11.4. The second-order valence-electron chi connectivity index (χ2n) is 4.34. The number of carbonyl (C=O) groups is 2. The number of anilines is 1. The third-order valence-electron chi connectivity index (χ3n) is 2.87. The first kappa shape index (κ1) is 13.9. The van der Waals surface area contributed by atoms with Crippen molar-refractivity contribution in [3.05, 3.63) is 30.0 Å². The molecule has 0 bridgehead atoms. The number of hydrogen-bond acceptors (Lipinski definition) is 3. The van der Waals surface area contributed by atoms with E-state index in [9.17, 15) is 9.59 Å². The number of urea groups is 1. The number of benzene rings is 1. The van der Waals surface area contributed by atoms with E-state index in [2.05, 4.69) is 15.6 Å². The lowest BCUT2D eigenvalue weighted by Crippen LogP contribution is -2.29. The molecule has 0 atom stereocenters. The number of ether oxygens (including phenoxy) is 1. The number of aromatic nitrogens is 1. The third kappa shape index (κ3) is 2.90. The van der Waals surface area contributed by atoms with Crippen LogP contribution in [0.2, 0.25) is 0 Å². The van der Waals surface area contributed by atoms with E-state index in [0.29, 0.717) is 17.8 Å². The predicted octanol–water partition coefficient (Wildman–Crippen LogP) is 2.49. The molecule has 1 aromatic carbocycles. The van der Waals surface area contributed by atoms with Gasteiger partial charge in [0.1, 0.15) is 0 Å². The van der Waals surface area contributed by atoms with Gasteiger partial charge in [-0.2, -0.15) is 0 Å². The van der Waals surface area contributed by atoms with Gasteiger partial charge in [0.25, 0.3) is 0 Å². The van der Waals surface area contributed by atoms with E-state index in [0.717, 1.165) is 17.3 Å². The maximum absolute atomic E-state index is 11.8. The minimum atomic E-state index is -0.438. The van der Waals surface area contributed by atoms with Crippen LogP contribution in [0.15, 0.2) is 24.4 Å². The van der Waals surface area contributed by atoms with Crippen molar-refractivity contribution in [3.8, 4) is 0 Å². The Morgan fingerprint density at radius 2 is 2.15 bits per heavy atom. The topological polar surface area (TPSA) is 83.2 Å². The number of nitrogens with one attached hydrogen (secondary N) is 3.